The van der Waals surface area contributed by atoms with E-state index in [1.807, 2.05) is 0 Å². The molecule has 0 radical (unpaired) electrons. The van der Waals surface area contributed by atoms with Gasteiger partial charge in [0.05, 0.1) is 13.2 Å². The number of nitrogens with two attached hydrogens (primary N) is 1. The molecular weight excluding hydrogens is 757 g/mol. The van der Waals surface area contributed by atoms with Crippen molar-refractivity contribution in [1.29, 1.82) is 0 Å². The zero-order valence-corrected chi connectivity index (χ0v) is 32.9. The summed E-state index contributed by atoms with van der Waals surface area (Å²) in [6.07, 6.45) is 4.01. The average molecular weight is 807 g/mol. The molecule has 4 N–H and O–H groups in total. The number of carbonyl (C=O) groups is 4. The Balaban J connectivity index is 1.58. The minimum absolute atomic E-state index is 0.0485. The molecule has 0 saturated carbocycles. The van der Waals surface area contributed by atoms with Crippen LogP contribution in [0.3, 0.4) is 0 Å². The third-order valence-electron chi connectivity index (χ3n) is 8.14. The normalized spacial score (nSPS) is 13.2. The molecule has 0 aliphatic rings. The predicted molar refractivity (Wildman–Crippen MR) is 213 cm³/mol. The van der Waals surface area contributed by atoms with Gasteiger partial charge >= 0.3 is 249 Å². The number of rotatable bonds is 22. The quantitative estimate of drug-likeness (QED) is 0.0541. The number of unbranched alkanes of at least 4 members (excludes halogenated alkanes) is 2. The van der Waals surface area contributed by atoms with Crippen LogP contribution in [0.15, 0.2) is 91.0 Å². The van der Waals surface area contributed by atoms with E-state index in [9.17, 15) is 19.2 Å². The van der Waals surface area contributed by atoms with Gasteiger partial charge in [-0.1, -0.05) is 0 Å². The van der Waals surface area contributed by atoms with Gasteiger partial charge in [0.2, 0.25) is 0 Å². The van der Waals surface area contributed by atoms with Crippen LogP contribution in [-0.4, -0.2) is 73.3 Å². The third-order valence-corrected chi connectivity index (χ3v) is 20.7. The molecule has 0 heterocycles. The van der Waals surface area contributed by atoms with Crippen molar-refractivity contribution in [2.24, 2.45) is 5.73 Å². The molecule has 3 aromatic rings. The monoisotopic (exact) mass is 805 g/mol. The summed E-state index contributed by atoms with van der Waals surface area (Å²) >= 11 is 4.51. The van der Waals surface area contributed by atoms with Crippen LogP contribution in [-0.2, 0) is 28.7 Å². The maximum atomic E-state index is 12.9. The molecule has 13 heteroatoms. The molecular formula is C37H49BrN3O6PS2. The van der Waals surface area contributed by atoms with E-state index in [4.69, 9.17) is 15.2 Å². The SMILES string of the molecule is CCOC(=O)CNC(=O)[C@H](CSSCCCCCP(Br)(c1ccccc1)(c1ccccc1)c1ccccc1)NC(=O)CC[C@H](N)C(=O)OCC. The van der Waals surface area contributed by atoms with Gasteiger partial charge < -0.3 is 15.2 Å². The van der Waals surface area contributed by atoms with E-state index in [1.54, 1.807) is 24.6 Å². The summed E-state index contributed by atoms with van der Waals surface area (Å²) in [6.45, 7) is 3.47. The molecule has 0 aliphatic heterocycles. The number of esters is 2. The minimum Gasteiger partial charge on any atom is -0.465 e. The Hall–Kier alpha value is -2.89. The first-order valence-corrected chi connectivity index (χ1v) is 23.9. The van der Waals surface area contributed by atoms with Crippen LogP contribution in [0.1, 0.15) is 46.0 Å². The van der Waals surface area contributed by atoms with Crippen LogP contribution in [0.2, 0.25) is 0 Å². The number of ether oxygens (including phenoxy) is 2. The van der Waals surface area contributed by atoms with Crippen molar-refractivity contribution in [3.05, 3.63) is 91.0 Å². The van der Waals surface area contributed by atoms with Crippen LogP contribution < -0.4 is 32.3 Å². The number of hydrogen-bond acceptors (Lipinski definition) is 9. The fourth-order valence-corrected chi connectivity index (χ4v) is 15.6. The standard InChI is InChI=1S/C37H49BrN3O6PS2/c1-3-46-35(43)27-40-36(44)33(41-34(42)24-23-32(39)37(45)47-4-2)28-50-49-26-16-8-15-25-48(38,29-17-9-5-10-18-29,30-19-11-6-12-20-30)31-21-13-7-14-22-31/h5-7,9-14,17-22,32-33H,3-4,8,15-16,23-28,39H2,1-2H3,(H,40,44)(H,41,42)/t32-,33-/m0/s1. The van der Waals surface area contributed by atoms with Crippen LogP contribution in [0.4, 0.5) is 0 Å². The molecule has 3 aromatic carbocycles. The van der Waals surface area contributed by atoms with Gasteiger partial charge in [0.1, 0.15) is 6.04 Å². The zero-order valence-electron chi connectivity index (χ0n) is 28.8. The molecule has 9 nitrogen and oxygen atoms in total. The molecule has 2 amide bonds. The Morgan fingerprint density at radius 3 is 1.84 bits per heavy atom. The Kier molecular flexibility index (Phi) is 17.8. The first kappa shape index (κ1) is 41.5. The van der Waals surface area contributed by atoms with E-state index in [-0.39, 0.29) is 32.6 Å². The first-order chi connectivity index (χ1) is 24.1. The first-order valence-electron chi connectivity index (χ1n) is 16.9. The van der Waals surface area contributed by atoms with Gasteiger partial charge in [0.15, 0.2) is 0 Å². The summed E-state index contributed by atoms with van der Waals surface area (Å²) in [5.74, 6) is -0.876. The fraction of sp³-hybridized carbons (Fsp3) is 0.405. The summed E-state index contributed by atoms with van der Waals surface area (Å²) in [5, 5.41) is 6.24. The number of hydrogen-bond donors (Lipinski definition) is 3. The van der Waals surface area contributed by atoms with E-state index < -0.39 is 41.1 Å². The number of nitrogens with one attached hydrogen (secondary N) is 2. The van der Waals surface area contributed by atoms with E-state index in [0.717, 1.165) is 31.2 Å². The zero-order chi connectivity index (χ0) is 36.3. The molecule has 272 valence electrons. The summed E-state index contributed by atoms with van der Waals surface area (Å²) in [5.41, 5.74) is 5.83. The third kappa shape index (κ3) is 11.8. The van der Waals surface area contributed by atoms with E-state index in [0.29, 0.717) is 5.75 Å². The Labute approximate surface area is 312 Å². The summed E-state index contributed by atoms with van der Waals surface area (Å²) in [6, 6.07) is 30.5. The van der Waals surface area contributed by atoms with E-state index in [2.05, 4.69) is 117 Å². The van der Waals surface area contributed by atoms with Gasteiger partial charge in [0.25, 0.3) is 0 Å². The average Bonchev–Trinajstić information content (AvgIpc) is 3.14. The molecule has 0 aromatic heterocycles. The summed E-state index contributed by atoms with van der Waals surface area (Å²) < 4.78 is 9.80. The van der Waals surface area contributed by atoms with Crippen molar-refractivity contribution in [2.45, 2.75) is 58.0 Å². The van der Waals surface area contributed by atoms with Crippen molar-refractivity contribution in [3.63, 3.8) is 0 Å². The number of carbonyl (C=O) groups excluding carboxylic acids is 4. The minimum atomic E-state index is -2.96. The van der Waals surface area contributed by atoms with Gasteiger partial charge in [-0.3, -0.25) is 9.59 Å². The van der Waals surface area contributed by atoms with Gasteiger partial charge in [-0.2, -0.15) is 0 Å². The molecule has 50 heavy (non-hydrogen) atoms. The smallest absolute Gasteiger partial charge is 0.465 e. The molecule has 0 fully saturated rings. The molecule has 3 rings (SSSR count). The van der Waals surface area contributed by atoms with Gasteiger partial charge in [-0.15, -0.1) is 0 Å². The maximum absolute atomic E-state index is 12.9. The molecule has 0 saturated heterocycles. The van der Waals surface area contributed by atoms with E-state index >= 15 is 0 Å². The molecule has 0 aliphatic carbocycles. The molecule has 0 bridgehead atoms. The van der Waals surface area contributed by atoms with Crippen molar-refractivity contribution >= 4 is 82.0 Å². The second-order valence-corrected chi connectivity index (χ2v) is 23.3. The predicted octanol–water partition coefficient (Wildman–Crippen LogP) is 5.21. The van der Waals surface area contributed by atoms with Gasteiger partial charge in [0, 0.05) is 0 Å². The number of halogens is 1. The molecule has 2 atom stereocenters. The van der Waals surface area contributed by atoms with E-state index in [1.165, 1.54) is 26.7 Å². The van der Waals surface area contributed by atoms with Crippen LogP contribution in [0.25, 0.3) is 0 Å². The second-order valence-electron chi connectivity index (χ2n) is 11.6. The summed E-state index contributed by atoms with van der Waals surface area (Å²) in [7, 11) is 3.13. The number of benzene rings is 3. The van der Waals surface area contributed by atoms with Crippen molar-refractivity contribution in [3.8, 4) is 0 Å². The van der Waals surface area contributed by atoms with Crippen LogP contribution in [0, 0.1) is 0 Å². The van der Waals surface area contributed by atoms with Crippen LogP contribution in [0.5, 0.6) is 0 Å². The molecule has 0 unspecified atom stereocenters. The van der Waals surface area contributed by atoms with Crippen molar-refractivity contribution in [1.82, 2.24) is 10.6 Å². The Morgan fingerprint density at radius 2 is 1.32 bits per heavy atom. The fourth-order valence-electron chi connectivity index (χ4n) is 5.57. The second kappa shape index (κ2) is 21.5. The number of amides is 2. The van der Waals surface area contributed by atoms with Crippen molar-refractivity contribution in [2.75, 3.05) is 37.4 Å². The summed E-state index contributed by atoms with van der Waals surface area (Å²) in [4.78, 5) is 49.3. The van der Waals surface area contributed by atoms with Crippen LogP contribution >= 0.6 is 42.4 Å². The topological polar surface area (TPSA) is 137 Å². The molecule has 0 spiro atoms. The van der Waals surface area contributed by atoms with Gasteiger partial charge in [-0.05, 0) is 20.3 Å². The van der Waals surface area contributed by atoms with Crippen molar-refractivity contribution < 1.29 is 28.7 Å². The Bertz CT molecular complexity index is 1410. The Morgan fingerprint density at radius 1 is 0.780 bits per heavy atom. The van der Waals surface area contributed by atoms with Gasteiger partial charge in [-0.25, -0.2) is 0 Å².